The van der Waals surface area contributed by atoms with E-state index in [1.807, 2.05) is 24.8 Å². The van der Waals surface area contributed by atoms with Crippen LogP contribution in [-0.4, -0.2) is 9.97 Å². The van der Waals surface area contributed by atoms with Crippen LogP contribution in [0.5, 0.6) is 0 Å². The van der Waals surface area contributed by atoms with Gasteiger partial charge in [-0.3, -0.25) is 9.97 Å². The molecular formula is C34H29N3. The summed E-state index contributed by atoms with van der Waals surface area (Å²) in [4.78, 5) is 10.8. The second-order valence-electron chi connectivity index (χ2n) is 11.2. The van der Waals surface area contributed by atoms with E-state index < -0.39 is 0 Å². The minimum Gasteiger partial charge on any atom is -0.310 e. The molecule has 0 unspecified atom stereocenters. The van der Waals surface area contributed by atoms with Crippen molar-refractivity contribution in [3.8, 4) is 22.3 Å². The van der Waals surface area contributed by atoms with Gasteiger partial charge in [-0.15, -0.1) is 0 Å². The Balaban J connectivity index is 1.42. The fourth-order valence-corrected chi connectivity index (χ4v) is 6.49. The van der Waals surface area contributed by atoms with E-state index in [4.69, 9.17) is 0 Å². The van der Waals surface area contributed by atoms with E-state index in [-0.39, 0.29) is 10.8 Å². The lowest BCUT2D eigenvalue weighted by atomic mass is 9.77. The predicted molar refractivity (Wildman–Crippen MR) is 152 cm³/mol. The van der Waals surface area contributed by atoms with Crippen molar-refractivity contribution in [2.24, 2.45) is 0 Å². The Bertz CT molecular complexity index is 1630. The zero-order valence-corrected chi connectivity index (χ0v) is 21.7. The number of benzene rings is 3. The molecular weight excluding hydrogens is 450 g/mol. The summed E-state index contributed by atoms with van der Waals surface area (Å²) in [5, 5.41) is 0. The van der Waals surface area contributed by atoms with Gasteiger partial charge in [0.1, 0.15) is 0 Å². The Morgan fingerprint density at radius 1 is 0.459 bits per heavy atom. The highest BCUT2D eigenvalue weighted by Crippen LogP contribution is 2.56. The summed E-state index contributed by atoms with van der Waals surface area (Å²) in [6, 6.07) is 29.0. The summed E-state index contributed by atoms with van der Waals surface area (Å²) in [6.45, 7) is 9.45. The quantitative estimate of drug-likeness (QED) is 0.259. The molecule has 3 heteroatoms. The van der Waals surface area contributed by atoms with Gasteiger partial charge in [0.2, 0.25) is 0 Å². The molecule has 0 bridgehead atoms. The first kappa shape index (κ1) is 22.0. The molecule has 0 saturated heterocycles. The highest BCUT2D eigenvalue weighted by molar-refractivity contribution is 5.91. The largest absolute Gasteiger partial charge is 0.310 e. The molecule has 3 nitrogen and oxygen atoms in total. The van der Waals surface area contributed by atoms with Gasteiger partial charge in [0, 0.05) is 52.7 Å². The van der Waals surface area contributed by atoms with Crippen LogP contribution in [0.1, 0.15) is 49.9 Å². The number of anilines is 3. The van der Waals surface area contributed by atoms with Gasteiger partial charge in [0.05, 0.1) is 0 Å². The number of hydrogen-bond donors (Lipinski definition) is 0. The van der Waals surface area contributed by atoms with Crippen molar-refractivity contribution in [1.29, 1.82) is 0 Å². The van der Waals surface area contributed by atoms with E-state index >= 15 is 0 Å². The van der Waals surface area contributed by atoms with Crippen LogP contribution >= 0.6 is 0 Å². The van der Waals surface area contributed by atoms with E-state index in [1.54, 1.807) is 0 Å². The van der Waals surface area contributed by atoms with Gasteiger partial charge in [-0.2, -0.15) is 0 Å². The first-order valence-corrected chi connectivity index (χ1v) is 12.9. The number of fused-ring (bicyclic) bond motifs is 6. The van der Waals surface area contributed by atoms with E-state index in [2.05, 4.69) is 121 Å². The zero-order valence-electron chi connectivity index (χ0n) is 21.7. The van der Waals surface area contributed by atoms with Crippen molar-refractivity contribution >= 4 is 17.1 Å². The first-order valence-electron chi connectivity index (χ1n) is 12.9. The van der Waals surface area contributed by atoms with Crippen molar-refractivity contribution in [1.82, 2.24) is 9.97 Å². The molecule has 0 spiro atoms. The third kappa shape index (κ3) is 3.07. The summed E-state index contributed by atoms with van der Waals surface area (Å²) in [5.41, 5.74) is 14.2. The maximum Gasteiger partial charge on any atom is 0.0492 e. The lowest BCUT2D eigenvalue weighted by molar-refractivity contribution is 0.639. The lowest BCUT2D eigenvalue weighted by Gasteiger charge is -2.28. The van der Waals surface area contributed by atoms with Crippen molar-refractivity contribution in [2.45, 2.75) is 38.5 Å². The number of hydrogen-bond acceptors (Lipinski definition) is 3. The molecule has 0 amide bonds. The molecule has 0 N–H and O–H groups in total. The van der Waals surface area contributed by atoms with Crippen molar-refractivity contribution in [3.05, 3.63) is 126 Å². The molecule has 0 atom stereocenters. The first-order chi connectivity index (χ1) is 17.9. The highest BCUT2D eigenvalue weighted by atomic mass is 15.1. The third-order valence-corrected chi connectivity index (χ3v) is 8.46. The average molecular weight is 480 g/mol. The second kappa shape index (κ2) is 7.63. The Hall–Kier alpha value is -4.24. The maximum atomic E-state index is 4.24. The molecule has 2 aliphatic rings. The molecule has 37 heavy (non-hydrogen) atoms. The smallest absolute Gasteiger partial charge is 0.0492 e. The minimum atomic E-state index is -0.108. The fourth-order valence-electron chi connectivity index (χ4n) is 6.49. The molecule has 2 aromatic heterocycles. The van der Waals surface area contributed by atoms with Crippen molar-refractivity contribution in [2.75, 3.05) is 4.90 Å². The van der Waals surface area contributed by atoms with Crippen LogP contribution in [0.3, 0.4) is 0 Å². The van der Waals surface area contributed by atoms with E-state index in [9.17, 15) is 0 Å². The Labute approximate surface area is 218 Å². The molecule has 5 aromatic rings. The average Bonchev–Trinajstić information content (AvgIpc) is 3.28. The van der Waals surface area contributed by atoms with Gasteiger partial charge in [-0.25, -0.2) is 0 Å². The molecule has 0 radical (unpaired) electrons. The topological polar surface area (TPSA) is 29.0 Å². The van der Waals surface area contributed by atoms with Crippen LogP contribution in [0.25, 0.3) is 22.3 Å². The molecule has 180 valence electrons. The van der Waals surface area contributed by atoms with Gasteiger partial charge >= 0.3 is 0 Å². The van der Waals surface area contributed by atoms with Gasteiger partial charge in [0.25, 0.3) is 0 Å². The Kier molecular flexibility index (Phi) is 4.54. The summed E-state index contributed by atoms with van der Waals surface area (Å²) >= 11 is 0. The Morgan fingerprint density at radius 3 is 1.59 bits per heavy atom. The lowest BCUT2D eigenvalue weighted by Crippen LogP contribution is -2.19. The summed E-state index contributed by atoms with van der Waals surface area (Å²) < 4.78 is 0. The van der Waals surface area contributed by atoms with Crippen LogP contribution in [0, 0.1) is 0 Å². The minimum absolute atomic E-state index is 0.00351. The van der Waals surface area contributed by atoms with E-state index in [0.717, 1.165) is 17.1 Å². The van der Waals surface area contributed by atoms with Crippen LogP contribution in [0.4, 0.5) is 17.1 Å². The van der Waals surface area contributed by atoms with Crippen LogP contribution in [0.15, 0.2) is 104 Å². The maximum absolute atomic E-state index is 4.24. The van der Waals surface area contributed by atoms with Gasteiger partial charge in [-0.1, -0.05) is 64.1 Å². The molecule has 7 rings (SSSR count). The molecule has 0 aliphatic heterocycles. The summed E-state index contributed by atoms with van der Waals surface area (Å²) in [7, 11) is 0. The number of aromatic nitrogens is 2. The number of pyridine rings is 2. The zero-order chi connectivity index (χ0) is 25.4. The van der Waals surface area contributed by atoms with Gasteiger partial charge < -0.3 is 4.90 Å². The third-order valence-electron chi connectivity index (χ3n) is 8.46. The molecule has 2 heterocycles. The number of nitrogens with zero attached hydrogens (tertiary/aromatic N) is 3. The second-order valence-corrected chi connectivity index (χ2v) is 11.2. The van der Waals surface area contributed by atoms with Gasteiger partial charge in [0.15, 0.2) is 0 Å². The molecule has 2 aliphatic carbocycles. The molecule has 0 fully saturated rings. The monoisotopic (exact) mass is 479 g/mol. The van der Waals surface area contributed by atoms with Crippen molar-refractivity contribution < 1.29 is 0 Å². The predicted octanol–water partition coefficient (Wildman–Crippen LogP) is 8.56. The number of rotatable bonds is 3. The van der Waals surface area contributed by atoms with Gasteiger partial charge in [-0.05, 0) is 87.0 Å². The van der Waals surface area contributed by atoms with Crippen LogP contribution in [-0.2, 0) is 10.8 Å². The summed E-state index contributed by atoms with van der Waals surface area (Å²) in [5.74, 6) is 0. The highest BCUT2D eigenvalue weighted by Gasteiger charge is 2.41. The SMILES string of the molecule is CC1(C)c2ccccc2-c2cc3c(cc21)C(C)(C)c1cc(N(c2ccncc2)c2ccncc2)ccc1-3. The van der Waals surface area contributed by atoms with Crippen molar-refractivity contribution in [3.63, 3.8) is 0 Å². The Morgan fingerprint density at radius 2 is 0.973 bits per heavy atom. The normalized spacial score (nSPS) is 15.5. The van der Waals surface area contributed by atoms with Crippen LogP contribution in [0.2, 0.25) is 0 Å². The molecule has 3 aromatic carbocycles. The molecule has 0 saturated carbocycles. The summed E-state index contributed by atoms with van der Waals surface area (Å²) in [6.07, 6.45) is 7.38. The fraction of sp³-hybridized carbons (Fsp3) is 0.176. The van der Waals surface area contributed by atoms with Crippen LogP contribution < -0.4 is 4.90 Å². The standard InChI is InChI=1S/C34H29N3/c1-33(2)29-8-6-5-7-25(29)27-20-28-26-10-9-24(19-30(26)34(3,4)32(28)21-31(27)33)37(22-11-15-35-16-12-22)23-13-17-36-18-14-23/h5-21H,1-4H3. The van der Waals surface area contributed by atoms with E-state index in [0.29, 0.717) is 0 Å². The van der Waals surface area contributed by atoms with E-state index in [1.165, 1.54) is 44.5 Å².